The number of carbonyl (C=O) groups excluding carboxylic acids is 1. The number of rotatable bonds is 3. The summed E-state index contributed by atoms with van der Waals surface area (Å²) in [5, 5.41) is 5.62. The zero-order chi connectivity index (χ0) is 17.2. The van der Waals surface area contributed by atoms with E-state index in [0.29, 0.717) is 0 Å². The number of likely N-dealkylation sites (tertiary alicyclic amines) is 1. The summed E-state index contributed by atoms with van der Waals surface area (Å²) in [7, 11) is 0. The highest BCUT2D eigenvalue weighted by molar-refractivity contribution is 5.77. The average molecular weight is 335 g/mol. The Bertz CT molecular complexity index is 881. The Hall–Kier alpha value is -2.76. The lowest BCUT2D eigenvalue weighted by Gasteiger charge is -2.31. The first-order chi connectivity index (χ1) is 12.2. The van der Waals surface area contributed by atoms with E-state index in [4.69, 9.17) is 0 Å². The summed E-state index contributed by atoms with van der Waals surface area (Å²) >= 11 is 0. The molecule has 0 saturated carbocycles. The third kappa shape index (κ3) is 3.12. The molecule has 1 aromatic carbocycles. The quantitative estimate of drug-likeness (QED) is 0.738. The smallest absolute Gasteiger partial charge is 0.219 e. The van der Waals surface area contributed by atoms with Crippen LogP contribution in [0.15, 0.2) is 42.9 Å². The van der Waals surface area contributed by atoms with Crippen LogP contribution in [0, 0.1) is 0 Å². The van der Waals surface area contributed by atoms with Gasteiger partial charge in [0.1, 0.15) is 6.33 Å². The van der Waals surface area contributed by atoms with E-state index < -0.39 is 0 Å². The molecule has 0 spiro atoms. The van der Waals surface area contributed by atoms with Crippen molar-refractivity contribution in [3.05, 3.63) is 54.1 Å². The van der Waals surface area contributed by atoms with E-state index in [9.17, 15) is 4.79 Å². The van der Waals surface area contributed by atoms with Crippen LogP contribution >= 0.6 is 0 Å². The van der Waals surface area contributed by atoms with E-state index >= 15 is 0 Å². The summed E-state index contributed by atoms with van der Waals surface area (Å²) in [6, 6.07) is 10.6. The Morgan fingerprint density at radius 2 is 1.92 bits per heavy atom. The van der Waals surface area contributed by atoms with E-state index in [0.717, 1.165) is 49.1 Å². The summed E-state index contributed by atoms with van der Waals surface area (Å²) < 4.78 is 2.02. The van der Waals surface area contributed by atoms with Crippen LogP contribution < -0.4 is 0 Å². The Balaban J connectivity index is 1.60. The lowest BCUT2D eigenvalue weighted by Crippen LogP contribution is -2.37. The molecule has 0 bridgehead atoms. The normalized spacial score (nSPS) is 15.6. The van der Waals surface area contributed by atoms with Crippen LogP contribution in [0.3, 0.4) is 0 Å². The number of benzene rings is 1. The Labute approximate surface area is 146 Å². The number of piperidine rings is 1. The van der Waals surface area contributed by atoms with Gasteiger partial charge in [-0.05, 0) is 18.4 Å². The van der Waals surface area contributed by atoms with E-state index in [1.54, 1.807) is 13.3 Å². The average Bonchev–Trinajstić information content (AvgIpc) is 3.08. The van der Waals surface area contributed by atoms with Crippen molar-refractivity contribution in [3.8, 4) is 0 Å². The molecule has 0 unspecified atom stereocenters. The van der Waals surface area contributed by atoms with Crippen molar-refractivity contribution in [2.75, 3.05) is 13.1 Å². The molecule has 2 aromatic heterocycles. The molecule has 6 nitrogen and oxygen atoms in total. The van der Waals surface area contributed by atoms with Gasteiger partial charge in [-0.15, -0.1) is 0 Å². The first-order valence-electron chi connectivity index (χ1n) is 8.69. The molecule has 0 N–H and O–H groups in total. The highest BCUT2D eigenvalue weighted by atomic mass is 16.2. The maximum atomic E-state index is 11.5. The number of nitrogens with zero attached hydrogens (tertiary/aromatic N) is 5. The maximum Gasteiger partial charge on any atom is 0.219 e. The van der Waals surface area contributed by atoms with Gasteiger partial charge in [0, 0.05) is 26.4 Å². The standard InChI is InChI=1S/C19H21N5O/c1-14(25)23-9-7-16(8-10-23)24-19-17(12-22-24)18(20-13-21-19)11-15-5-3-2-4-6-15/h2-6,12-13,16H,7-11H2,1H3. The zero-order valence-corrected chi connectivity index (χ0v) is 14.3. The van der Waals surface area contributed by atoms with Gasteiger partial charge in [-0.2, -0.15) is 5.10 Å². The van der Waals surface area contributed by atoms with Crippen molar-refractivity contribution < 1.29 is 4.79 Å². The molecule has 1 fully saturated rings. The van der Waals surface area contributed by atoms with Crippen LogP contribution in [0.5, 0.6) is 0 Å². The van der Waals surface area contributed by atoms with Gasteiger partial charge in [0.2, 0.25) is 5.91 Å². The minimum absolute atomic E-state index is 0.149. The van der Waals surface area contributed by atoms with Gasteiger partial charge in [0.05, 0.1) is 23.3 Å². The Kier molecular flexibility index (Phi) is 4.17. The molecule has 1 saturated heterocycles. The monoisotopic (exact) mass is 335 g/mol. The van der Waals surface area contributed by atoms with Gasteiger partial charge < -0.3 is 4.90 Å². The van der Waals surface area contributed by atoms with Crippen molar-refractivity contribution >= 4 is 16.9 Å². The highest BCUT2D eigenvalue weighted by Crippen LogP contribution is 2.26. The fourth-order valence-corrected chi connectivity index (χ4v) is 3.53. The number of aromatic nitrogens is 4. The van der Waals surface area contributed by atoms with E-state index in [1.165, 1.54) is 5.56 Å². The van der Waals surface area contributed by atoms with Gasteiger partial charge in [-0.3, -0.25) is 4.79 Å². The van der Waals surface area contributed by atoms with E-state index in [-0.39, 0.29) is 11.9 Å². The largest absolute Gasteiger partial charge is 0.343 e. The van der Waals surface area contributed by atoms with Gasteiger partial charge in [-0.1, -0.05) is 30.3 Å². The zero-order valence-electron chi connectivity index (χ0n) is 14.3. The lowest BCUT2D eigenvalue weighted by molar-refractivity contribution is -0.130. The molecule has 6 heteroatoms. The number of carbonyl (C=O) groups is 1. The second kappa shape index (κ2) is 6.63. The first kappa shape index (κ1) is 15.7. The topological polar surface area (TPSA) is 63.9 Å². The molecule has 3 heterocycles. The Morgan fingerprint density at radius 3 is 2.64 bits per heavy atom. The molecule has 0 atom stereocenters. The van der Waals surface area contributed by atoms with Crippen LogP contribution in [0.4, 0.5) is 0 Å². The number of hydrogen-bond donors (Lipinski definition) is 0. The van der Waals surface area contributed by atoms with Crippen LogP contribution in [-0.4, -0.2) is 43.6 Å². The van der Waals surface area contributed by atoms with Gasteiger partial charge >= 0.3 is 0 Å². The first-order valence-corrected chi connectivity index (χ1v) is 8.69. The van der Waals surface area contributed by atoms with Gasteiger partial charge in [0.25, 0.3) is 0 Å². The molecule has 128 valence electrons. The van der Waals surface area contributed by atoms with E-state index in [1.807, 2.05) is 34.0 Å². The van der Waals surface area contributed by atoms with E-state index in [2.05, 4.69) is 27.2 Å². The summed E-state index contributed by atoms with van der Waals surface area (Å²) in [4.78, 5) is 22.4. The predicted octanol–water partition coefficient (Wildman–Crippen LogP) is 2.60. The minimum atomic E-state index is 0.149. The minimum Gasteiger partial charge on any atom is -0.343 e. The van der Waals surface area contributed by atoms with Crippen LogP contribution in [-0.2, 0) is 11.2 Å². The molecule has 25 heavy (non-hydrogen) atoms. The Morgan fingerprint density at radius 1 is 1.16 bits per heavy atom. The van der Waals surface area contributed by atoms with Crippen molar-refractivity contribution in [2.45, 2.75) is 32.2 Å². The number of hydrogen-bond acceptors (Lipinski definition) is 4. The third-order valence-electron chi connectivity index (χ3n) is 4.94. The maximum absolute atomic E-state index is 11.5. The molecule has 1 aliphatic rings. The third-order valence-corrected chi connectivity index (χ3v) is 4.94. The molecule has 3 aromatic rings. The molecule has 1 aliphatic heterocycles. The van der Waals surface area contributed by atoms with Crippen molar-refractivity contribution in [3.63, 3.8) is 0 Å². The fourth-order valence-electron chi connectivity index (χ4n) is 3.53. The lowest BCUT2D eigenvalue weighted by atomic mass is 10.0. The number of amides is 1. The van der Waals surface area contributed by atoms with Crippen molar-refractivity contribution in [1.82, 2.24) is 24.6 Å². The molecular formula is C19H21N5O. The van der Waals surface area contributed by atoms with Crippen molar-refractivity contribution in [1.29, 1.82) is 0 Å². The van der Waals surface area contributed by atoms with Crippen LogP contribution in [0.2, 0.25) is 0 Å². The second-order valence-corrected chi connectivity index (χ2v) is 6.55. The number of fused-ring (bicyclic) bond motifs is 1. The predicted molar refractivity (Wildman–Crippen MR) is 95.1 cm³/mol. The summed E-state index contributed by atoms with van der Waals surface area (Å²) in [6.45, 7) is 3.19. The summed E-state index contributed by atoms with van der Waals surface area (Å²) in [5.74, 6) is 0.149. The fraction of sp³-hybridized carbons (Fsp3) is 0.368. The molecular weight excluding hydrogens is 314 g/mol. The van der Waals surface area contributed by atoms with Crippen molar-refractivity contribution in [2.24, 2.45) is 0 Å². The highest BCUT2D eigenvalue weighted by Gasteiger charge is 2.24. The summed E-state index contributed by atoms with van der Waals surface area (Å²) in [6.07, 6.45) is 6.10. The molecule has 0 radical (unpaired) electrons. The second-order valence-electron chi connectivity index (χ2n) is 6.55. The molecule has 1 amide bonds. The summed E-state index contributed by atoms with van der Waals surface area (Å²) in [5.41, 5.74) is 3.12. The molecule has 0 aliphatic carbocycles. The van der Waals surface area contributed by atoms with Crippen LogP contribution in [0.25, 0.3) is 11.0 Å². The van der Waals surface area contributed by atoms with Gasteiger partial charge in [-0.25, -0.2) is 14.6 Å². The molecule has 4 rings (SSSR count). The van der Waals surface area contributed by atoms with Crippen LogP contribution in [0.1, 0.15) is 37.1 Å². The van der Waals surface area contributed by atoms with Gasteiger partial charge in [0.15, 0.2) is 5.65 Å². The SMILES string of the molecule is CC(=O)N1CCC(n2ncc3c(Cc4ccccc4)ncnc32)CC1.